The van der Waals surface area contributed by atoms with E-state index in [9.17, 15) is 28.6 Å². The topological polar surface area (TPSA) is 146 Å². The van der Waals surface area contributed by atoms with Gasteiger partial charge in [0.2, 0.25) is 10.0 Å². The molecule has 0 aliphatic carbocycles. The average molecular weight is 261 g/mol. The first kappa shape index (κ1) is 13.0. The maximum absolute atomic E-state index is 11.0. The summed E-state index contributed by atoms with van der Waals surface area (Å²) in [6, 6.07) is 1.38. The normalized spacial score (nSPS) is 11.2. The van der Waals surface area contributed by atoms with Crippen molar-refractivity contribution in [1.29, 1.82) is 0 Å². The van der Waals surface area contributed by atoms with Crippen LogP contribution in [0.25, 0.3) is 0 Å². The molecule has 0 amide bonds. The molecular weight excluding hydrogens is 254 g/mol. The number of primary sulfonamides is 1. The maximum atomic E-state index is 11.0. The van der Waals surface area contributed by atoms with Crippen LogP contribution in [0, 0.1) is 27.2 Å². The van der Waals surface area contributed by atoms with Crippen molar-refractivity contribution in [1.82, 2.24) is 0 Å². The zero-order valence-electron chi connectivity index (χ0n) is 8.48. The van der Waals surface area contributed by atoms with Crippen LogP contribution in [0.5, 0.6) is 0 Å². The van der Waals surface area contributed by atoms with Gasteiger partial charge in [-0.2, -0.15) is 0 Å². The number of nitrogens with two attached hydrogens (primary N) is 1. The van der Waals surface area contributed by atoms with Crippen LogP contribution in [0.2, 0.25) is 0 Å². The van der Waals surface area contributed by atoms with Crippen molar-refractivity contribution in [3.8, 4) is 0 Å². The fraction of sp³-hybridized carbons (Fsp3) is 0.143. The summed E-state index contributed by atoms with van der Waals surface area (Å²) in [5.41, 5.74) is -1.56. The Kier molecular flexibility index (Phi) is 3.11. The zero-order chi connectivity index (χ0) is 13.4. The smallest absolute Gasteiger partial charge is 0.258 e. The zero-order valence-corrected chi connectivity index (χ0v) is 9.30. The number of rotatable bonds is 3. The molecule has 9 nitrogen and oxygen atoms in total. The minimum atomic E-state index is -4.24. The minimum Gasteiger partial charge on any atom is -0.258 e. The number of nitro groups is 2. The number of hydrogen-bond donors (Lipinski definition) is 1. The number of sulfonamides is 1. The van der Waals surface area contributed by atoms with E-state index in [2.05, 4.69) is 0 Å². The van der Waals surface area contributed by atoms with Crippen LogP contribution in [-0.4, -0.2) is 18.3 Å². The molecule has 1 aromatic carbocycles. The van der Waals surface area contributed by atoms with E-state index in [0.29, 0.717) is 12.1 Å². The fourth-order valence-electron chi connectivity index (χ4n) is 1.20. The summed E-state index contributed by atoms with van der Waals surface area (Å²) in [6.45, 7) is 1.16. The van der Waals surface area contributed by atoms with E-state index in [4.69, 9.17) is 5.14 Å². The third kappa shape index (κ3) is 2.54. The summed E-state index contributed by atoms with van der Waals surface area (Å²) in [5.74, 6) is 0. The predicted molar refractivity (Wildman–Crippen MR) is 55.9 cm³/mol. The Hall–Kier alpha value is -2.07. The van der Waals surface area contributed by atoms with Crippen LogP contribution in [0.1, 0.15) is 5.56 Å². The van der Waals surface area contributed by atoms with Gasteiger partial charge in [0.15, 0.2) is 0 Å². The summed E-state index contributed by atoms with van der Waals surface area (Å²) in [6.07, 6.45) is 0. The van der Waals surface area contributed by atoms with Gasteiger partial charge in [-0.25, -0.2) is 13.6 Å². The minimum absolute atomic E-state index is 0.229. The Morgan fingerprint density at radius 1 is 1.12 bits per heavy atom. The van der Waals surface area contributed by atoms with Gasteiger partial charge < -0.3 is 0 Å². The molecular formula is C7H7N3O6S. The van der Waals surface area contributed by atoms with Gasteiger partial charge in [-0.1, -0.05) is 0 Å². The molecule has 0 atom stereocenters. The molecule has 0 aliphatic heterocycles. The van der Waals surface area contributed by atoms with Gasteiger partial charge in [-0.15, -0.1) is 0 Å². The SMILES string of the molecule is Cc1c([N+](=O)[O-])cc(S(N)(=O)=O)cc1[N+](=O)[O-]. The molecule has 1 rings (SSSR count). The summed E-state index contributed by atoms with van der Waals surface area (Å²) < 4.78 is 22.1. The lowest BCUT2D eigenvalue weighted by molar-refractivity contribution is -0.395. The lowest BCUT2D eigenvalue weighted by Crippen LogP contribution is -2.13. The van der Waals surface area contributed by atoms with Crippen molar-refractivity contribution in [2.45, 2.75) is 11.8 Å². The number of benzene rings is 1. The van der Waals surface area contributed by atoms with E-state index in [1.165, 1.54) is 0 Å². The second kappa shape index (κ2) is 4.07. The molecule has 0 radical (unpaired) electrons. The Morgan fingerprint density at radius 2 is 1.47 bits per heavy atom. The molecule has 1 aromatic rings. The van der Waals surface area contributed by atoms with Gasteiger partial charge in [0.05, 0.1) is 14.7 Å². The highest BCUT2D eigenvalue weighted by atomic mass is 32.2. The van der Waals surface area contributed by atoms with Gasteiger partial charge >= 0.3 is 0 Å². The summed E-state index contributed by atoms with van der Waals surface area (Å²) in [5, 5.41) is 26.0. The van der Waals surface area contributed by atoms with E-state index in [1.807, 2.05) is 0 Å². The van der Waals surface area contributed by atoms with E-state index in [1.54, 1.807) is 0 Å². The highest BCUT2D eigenvalue weighted by molar-refractivity contribution is 7.89. The maximum Gasteiger partial charge on any atom is 0.280 e. The van der Waals surface area contributed by atoms with Gasteiger partial charge in [0.25, 0.3) is 11.4 Å². The first-order valence-corrected chi connectivity index (χ1v) is 5.65. The molecule has 0 aliphatic rings. The number of nitrogens with zero attached hydrogens (tertiary/aromatic N) is 2. The Bertz CT molecular complexity index is 573. The quantitative estimate of drug-likeness (QED) is 0.617. The summed E-state index contributed by atoms with van der Waals surface area (Å²) >= 11 is 0. The van der Waals surface area contributed by atoms with E-state index < -0.39 is 36.1 Å². The fourth-order valence-corrected chi connectivity index (χ4v) is 1.75. The monoisotopic (exact) mass is 261 g/mol. The lowest BCUT2D eigenvalue weighted by Gasteiger charge is -2.02. The van der Waals surface area contributed by atoms with Crippen molar-refractivity contribution in [2.24, 2.45) is 5.14 Å². The van der Waals surface area contributed by atoms with Crippen LogP contribution in [0.3, 0.4) is 0 Å². The van der Waals surface area contributed by atoms with Gasteiger partial charge in [-0.3, -0.25) is 20.2 Å². The molecule has 92 valence electrons. The average Bonchev–Trinajstić information content (AvgIpc) is 2.14. The van der Waals surface area contributed by atoms with Crippen LogP contribution < -0.4 is 5.14 Å². The first-order chi connectivity index (χ1) is 7.64. The third-order valence-corrected chi connectivity index (χ3v) is 2.94. The molecule has 0 saturated heterocycles. The molecule has 10 heteroatoms. The Morgan fingerprint density at radius 3 is 1.71 bits per heavy atom. The molecule has 0 aromatic heterocycles. The second-order valence-electron chi connectivity index (χ2n) is 3.15. The molecule has 0 heterocycles. The molecule has 2 N–H and O–H groups in total. The van der Waals surface area contributed by atoms with Crippen LogP contribution in [0.4, 0.5) is 11.4 Å². The van der Waals surface area contributed by atoms with Crippen molar-refractivity contribution < 1.29 is 18.3 Å². The second-order valence-corrected chi connectivity index (χ2v) is 4.71. The standard InChI is InChI=1S/C7H7N3O6S/c1-4-6(9(11)12)2-5(17(8,15)16)3-7(4)10(13)14/h2-3H,1H3,(H2,8,15,16). The Balaban J connectivity index is 3.71. The van der Waals surface area contributed by atoms with E-state index in [-0.39, 0.29) is 5.56 Å². The van der Waals surface area contributed by atoms with Gasteiger partial charge in [0, 0.05) is 12.1 Å². The molecule has 0 fully saturated rings. The van der Waals surface area contributed by atoms with Gasteiger partial charge in [0.1, 0.15) is 5.56 Å². The summed E-state index contributed by atoms with van der Waals surface area (Å²) in [4.78, 5) is 18.8. The third-order valence-electron chi connectivity index (χ3n) is 2.05. The number of hydrogen-bond acceptors (Lipinski definition) is 6. The van der Waals surface area contributed by atoms with Crippen LogP contribution in [-0.2, 0) is 10.0 Å². The molecule has 0 saturated carbocycles. The van der Waals surface area contributed by atoms with Crippen LogP contribution >= 0.6 is 0 Å². The highest BCUT2D eigenvalue weighted by Crippen LogP contribution is 2.30. The van der Waals surface area contributed by atoms with Crippen molar-refractivity contribution in [3.05, 3.63) is 37.9 Å². The van der Waals surface area contributed by atoms with Crippen molar-refractivity contribution in [3.63, 3.8) is 0 Å². The largest absolute Gasteiger partial charge is 0.280 e. The number of nitro benzene ring substituents is 2. The first-order valence-electron chi connectivity index (χ1n) is 4.11. The van der Waals surface area contributed by atoms with E-state index in [0.717, 1.165) is 6.92 Å². The lowest BCUT2D eigenvalue weighted by atomic mass is 10.1. The Labute approximate surface area is 95.2 Å². The highest BCUT2D eigenvalue weighted by Gasteiger charge is 2.26. The van der Waals surface area contributed by atoms with E-state index >= 15 is 0 Å². The van der Waals surface area contributed by atoms with Gasteiger partial charge in [-0.05, 0) is 6.92 Å². The summed E-state index contributed by atoms with van der Waals surface area (Å²) in [7, 11) is -4.24. The van der Waals surface area contributed by atoms with Crippen molar-refractivity contribution in [2.75, 3.05) is 0 Å². The molecule has 0 spiro atoms. The molecule has 17 heavy (non-hydrogen) atoms. The molecule has 0 unspecified atom stereocenters. The molecule has 0 bridgehead atoms. The predicted octanol–water partition coefficient (Wildman–Crippen LogP) is 0.459. The van der Waals surface area contributed by atoms with Crippen LogP contribution in [0.15, 0.2) is 17.0 Å². The van der Waals surface area contributed by atoms with Crippen molar-refractivity contribution >= 4 is 21.4 Å².